The molecule has 0 bridgehead atoms. The first-order valence-corrected chi connectivity index (χ1v) is 6.96. The van der Waals surface area contributed by atoms with Crippen LogP contribution in [0, 0.1) is 0 Å². The van der Waals surface area contributed by atoms with Gasteiger partial charge in [0, 0.05) is 11.9 Å². The first-order valence-electron chi connectivity index (χ1n) is 6.96. The van der Waals surface area contributed by atoms with E-state index in [1.807, 2.05) is 24.3 Å². The quantitative estimate of drug-likeness (QED) is 0.720. The summed E-state index contributed by atoms with van der Waals surface area (Å²) in [7, 11) is 0. The number of amides is 1. The van der Waals surface area contributed by atoms with Gasteiger partial charge in [-0.3, -0.25) is 4.79 Å². The van der Waals surface area contributed by atoms with Crippen LogP contribution in [0.3, 0.4) is 0 Å². The van der Waals surface area contributed by atoms with Crippen LogP contribution in [0.1, 0.15) is 22.2 Å². The van der Waals surface area contributed by atoms with E-state index in [1.54, 1.807) is 4.90 Å². The van der Waals surface area contributed by atoms with Gasteiger partial charge in [-0.25, -0.2) is 0 Å². The number of nitrogens with zero attached hydrogens (tertiary/aromatic N) is 3. The normalized spacial score (nSPS) is 18.7. The number of carbonyl (C=O) groups is 1. The Morgan fingerprint density at radius 2 is 2.23 bits per heavy atom. The van der Waals surface area contributed by atoms with Crippen molar-refractivity contribution in [3.05, 3.63) is 48.3 Å². The Morgan fingerprint density at radius 3 is 3.09 bits per heavy atom. The lowest BCUT2D eigenvalue weighted by Crippen LogP contribution is -2.43. The Kier molecular flexibility index (Phi) is 3.12. The molecule has 1 fully saturated rings. The second-order valence-corrected chi connectivity index (χ2v) is 5.02. The number of furan rings is 1. The fourth-order valence-corrected chi connectivity index (χ4v) is 2.68. The highest BCUT2D eigenvalue weighted by molar-refractivity contribution is 6.06. The molecule has 0 radical (unpaired) electrons. The van der Waals surface area contributed by atoms with E-state index >= 15 is 0 Å². The number of benzene rings is 1. The summed E-state index contributed by atoms with van der Waals surface area (Å²) >= 11 is 0. The molecule has 4 rings (SSSR count). The number of fused-ring (bicyclic) bond motifs is 1. The third-order valence-corrected chi connectivity index (χ3v) is 3.78. The fraction of sp³-hybridized carbons (Fsp3) is 0.267. The molecule has 1 unspecified atom stereocenters. The lowest BCUT2D eigenvalue weighted by atomic mass is 10.1. The van der Waals surface area contributed by atoms with Gasteiger partial charge in [0.1, 0.15) is 17.9 Å². The third kappa shape index (κ3) is 2.06. The average Bonchev–Trinajstić information content (AvgIpc) is 3.24. The van der Waals surface area contributed by atoms with Gasteiger partial charge in [-0.2, -0.15) is 4.98 Å². The molecule has 3 heterocycles. The monoisotopic (exact) mass is 299 g/mol. The van der Waals surface area contributed by atoms with E-state index in [4.69, 9.17) is 13.7 Å². The zero-order valence-electron chi connectivity index (χ0n) is 11.6. The largest absolute Gasteiger partial charge is 0.463 e. The predicted molar refractivity (Wildman–Crippen MR) is 75.1 cm³/mol. The lowest BCUT2D eigenvalue weighted by molar-refractivity contribution is -0.00571. The topological polar surface area (TPSA) is 81.6 Å². The maximum Gasteiger partial charge on any atom is 0.258 e. The summed E-state index contributed by atoms with van der Waals surface area (Å²) in [6.45, 7) is 1.30. The molecule has 1 aliphatic heterocycles. The first-order chi connectivity index (χ1) is 10.8. The highest BCUT2D eigenvalue weighted by atomic mass is 16.5. The van der Waals surface area contributed by atoms with E-state index in [0.717, 1.165) is 5.39 Å². The molecule has 22 heavy (non-hydrogen) atoms. The molecule has 1 aliphatic rings. The van der Waals surface area contributed by atoms with E-state index in [9.17, 15) is 4.79 Å². The maximum atomic E-state index is 12.9. The Labute approximate surface area is 125 Å². The molecule has 112 valence electrons. The number of hydrogen-bond donors (Lipinski definition) is 0. The Morgan fingerprint density at radius 1 is 1.32 bits per heavy atom. The van der Waals surface area contributed by atoms with E-state index < -0.39 is 0 Å². The zero-order valence-corrected chi connectivity index (χ0v) is 11.6. The van der Waals surface area contributed by atoms with Crippen LogP contribution in [0.5, 0.6) is 0 Å². The summed E-state index contributed by atoms with van der Waals surface area (Å²) < 4.78 is 15.7. The van der Waals surface area contributed by atoms with Crippen molar-refractivity contribution in [2.75, 3.05) is 19.8 Å². The summed E-state index contributed by atoms with van der Waals surface area (Å²) in [5.41, 5.74) is 1.22. The van der Waals surface area contributed by atoms with Gasteiger partial charge in [0.25, 0.3) is 5.91 Å². The molecule has 1 saturated heterocycles. The van der Waals surface area contributed by atoms with Crippen LogP contribution >= 0.6 is 0 Å². The SMILES string of the molecule is O=C(c1coc2ccccc12)N1CCOCC1c1ncon1. The minimum atomic E-state index is -0.353. The van der Waals surface area contributed by atoms with Gasteiger partial charge in [-0.1, -0.05) is 23.4 Å². The van der Waals surface area contributed by atoms with Crippen molar-refractivity contribution < 1.29 is 18.5 Å². The number of carbonyl (C=O) groups excluding carboxylic acids is 1. The van der Waals surface area contributed by atoms with E-state index in [2.05, 4.69) is 10.1 Å². The summed E-state index contributed by atoms with van der Waals surface area (Å²) in [5, 5.41) is 4.63. The van der Waals surface area contributed by atoms with Gasteiger partial charge in [-0.15, -0.1) is 0 Å². The number of hydrogen-bond acceptors (Lipinski definition) is 6. The first kappa shape index (κ1) is 13.0. The molecule has 7 heteroatoms. The van der Waals surface area contributed by atoms with Crippen molar-refractivity contribution in [2.24, 2.45) is 0 Å². The van der Waals surface area contributed by atoms with E-state index in [-0.39, 0.29) is 11.9 Å². The number of para-hydroxylation sites is 1. The highest BCUT2D eigenvalue weighted by Crippen LogP contribution is 2.27. The lowest BCUT2D eigenvalue weighted by Gasteiger charge is -2.33. The van der Waals surface area contributed by atoms with Crippen LogP contribution in [0.2, 0.25) is 0 Å². The van der Waals surface area contributed by atoms with Crippen molar-refractivity contribution >= 4 is 16.9 Å². The Hall–Kier alpha value is -2.67. The molecule has 1 aromatic carbocycles. The van der Waals surface area contributed by atoms with E-state index in [0.29, 0.717) is 36.7 Å². The summed E-state index contributed by atoms with van der Waals surface area (Å²) in [5.74, 6) is 0.323. The van der Waals surface area contributed by atoms with Crippen LogP contribution in [-0.4, -0.2) is 40.7 Å². The van der Waals surface area contributed by atoms with Gasteiger partial charge in [0.15, 0.2) is 5.82 Å². The molecule has 1 atom stereocenters. The van der Waals surface area contributed by atoms with Crippen molar-refractivity contribution in [1.82, 2.24) is 15.0 Å². The van der Waals surface area contributed by atoms with E-state index in [1.165, 1.54) is 12.7 Å². The summed E-state index contributed by atoms with van der Waals surface area (Å²) in [6.07, 6.45) is 2.75. The van der Waals surface area contributed by atoms with Crippen molar-refractivity contribution in [3.63, 3.8) is 0 Å². The number of rotatable bonds is 2. The van der Waals surface area contributed by atoms with Gasteiger partial charge in [0.05, 0.1) is 18.8 Å². The fourth-order valence-electron chi connectivity index (χ4n) is 2.68. The third-order valence-electron chi connectivity index (χ3n) is 3.78. The average molecular weight is 299 g/mol. The highest BCUT2D eigenvalue weighted by Gasteiger charge is 2.33. The molecule has 0 N–H and O–H groups in total. The van der Waals surface area contributed by atoms with Gasteiger partial charge >= 0.3 is 0 Å². The summed E-state index contributed by atoms with van der Waals surface area (Å²) in [4.78, 5) is 18.6. The number of ether oxygens (including phenoxy) is 1. The molecular formula is C15H13N3O4. The summed E-state index contributed by atoms with van der Waals surface area (Å²) in [6, 6.07) is 7.10. The molecule has 2 aromatic heterocycles. The number of morpholine rings is 1. The predicted octanol–water partition coefficient (Wildman–Crippen LogP) is 2.03. The number of aromatic nitrogens is 2. The molecule has 0 spiro atoms. The minimum Gasteiger partial charge on any atom is -0.463 e. The van der Waals surface area contributed by atoms with Crippen molar-refractivity contribution in [2.45, 2.75) is 6.04 Å². The smallest absolute Gasteiger partial charge is 0.258 e. The minimum absolute atomic E-state index is 0.122. The van der Waals surface area contributed by atoms with Crippen molar-refractivity contribution in [3.8, 4) is 0 Å². The standard InChI is InChI=1S/C15H13N3O4/c19-15(11-7-21-13-4-2-1-3-10(11)13)18-5-6-20-8-12(18)14-16-9-22-17-14/h1-4,7,9,12H,5-6,8H2. The van der Waals surface area contributed by atoms with Crippen molar-refractivity contribution in [1.29, 1.82) is 0 Å². The molecule has 1 amide bonds. The van der Waals surface area contributed by atoms with Crippen LogP contribution < -0.4 is 0 Å². The van der Waals surface area contributed by atoms with Crippen LogP contribution in [0.25, 0.3) is 11.0 Å². The maximum absolute atomic E-state index is 12.9. The molecule has 0 saturated carbocycles. The zero-order chi connectivity index (χ0) is 14.9. The second kappa shape index (κ2) is 5.27. The Bertz CT molecular complexity index is 796. The van der Waals surface area contributed by atoms with Crippen LogP contribution in [0.4, 0.5) is 0 Å². The van der Waals surface area contributed by atoms with Crippen LogP contribution in [-0.2, 0) is 4.74 Å². The van der Waals surface area contributed by atoms with Gasteiger partial charge in [-0.05, 0) is 6.07 Å². The second-order valence-electron chi connectivity index (χ2n) is 5.02. The molecular weight excluding hydrogens is 286 g/mol. The Balaban J connectivity index is 1.71. The van der Waals surface area contributed by atoms with Crippen LogP contribution in [0.15, 0.2) is 45.9 Å². The molecule has 3 aromatic rings. The molecule has 0 aliphatic carbocycles. The van der Waals surface area contributed by atoms with Gasteiger partial charge < -0.3 is 18.6 Å². The molecule has 7 nitrogen and oxygen atoms in total. The van der Waals surface area contributed by atoms with Gasteiger partial charge in [0.2, 0.25) is 6.39 Å².